The second-order valence-electron chi connectivity index (χ2n) is 6.43. The maximum Gasteiger partial charge on any atom is 0.311 e. The Morgan fingerprint density at radius 3 is 2.35 bits per heavy atom. The lowest BCUT2D eigenvalue weighted by Gasteiger charge is -2.25. The minimum atomic E-state index is -0.530. The van der Waals surface area contributed by atoms with Crippen molar-refractivity contribution in [3.8, 4) is 0 Å². The van der Waals surface area contributed by atoms with Crippen LogP contribution in [0.5, 0.6) is 0 Å². The summed E-state index contributed by atoms with van der Waals surface area (Å²) >= 11 is 0. The number of benzene rings is 2. The van der Waals surface area contributed by atoms with E-state index in [9.17, 15) is 14.4 Å². The van der Waals surface area contributed by atoms with Gasteiger partial charge < -0.3 is 9.64 Å². The number of carbonyl (C=O) groups is 3. The number of carbonyl (C=O) groups excluding carboxylic acids is 3. The van der Waals surface area contributed by atoms with Crippen molar-refractivity contribution in [2.24, 2.45) is 5.92 Å². The van der Waals surface area contributed by atoms with Crippen LogP contribution in [0.2, 0.25) is 0 Å². The summed E-state index contributed by atoms with van der Waals surface area (Å²) in [5, 5.41) is 0. The van der Waals surface area contributed by atoms with Gasteiger partial charge in [-0.2, -0.15) is 0 Å². The Hall–Kier alpha value is -2.95. The highest BCUT2D eigenvalue weighted by atomic mass is 16.5. The van der Waals surface area contributed by atoms with E-state index < -0.39 is 11.9 Å². The van der Waals surface area contributed by atoms with Gasteiger partial charge in [0, 0.05) is 18.5 Å². The summed E-state index contributed by atoms with van der Waals surface area (Å²) in [6.07, 6.45) is 0.121. The van der Waals surface area contributed by atoms with Crippen molar-refractivity contribution in [2.45, 2.75) is 19.4 Å². The largest absolute Gasteiger partial charge is 0.457 e. The molecule has 3 rings (SSSR count). The third kappa shape index (κ3) is 3.99. The lowest BCUT2D eigenvalue weighted by molar-refractivity contribution is -0.147. The molecule has 26 heavy (non-hydrogen) atoms. The van der Waals surface area contributed by atoms with Gasteiger partial charge in [-0.3, -0.25) is 14.4 Å². The van der Waals surface area contributed by atoms with Gasteiger partial charge in [-0.15, -0.1) is 0 Å². The minimum Gasteiger partial charge on any atom is -0.457 e. The van der Waals surface area contributed by atoms with E-state index >= 15 is 0 Å². The molecule has 5 heteroatoms. The number of esters is 1. The van der Waals surface area contributed by atoms with Crippen molar-refractivity contribution in [2.75, 3.05) is 13.2 Å². The SMILES string of the molecule is C[C@H](c1ccccc1)N1C[C@@H](C(=O)OCC(=O)c2ccccc2)CC1=O. The zero-order valence-electron chi connectivity index (χ0n) is 14.6. The number of likely N-dealkylation sites (tertiary alicyclic amines) is 1. The molecule has 0 saturated carbocycles. The van der Waals surface area contributed by atoms with Crippen LogP contribution in [-0.2, 0) is 14.3 Å². The predicted molar refractivity (Wildman–Crippen MR) is 96.4 cm³/mol. The quantitative estimate of drug-likeness (QED) is 0.593. The molecule has 1 aliphatic rings. The van der Waals surface area contributed by atoms with Gasteiger partial charge in [0.05, 0.1) is 12.0 Å². The van der Waals surface area contributed by atoms with Gasteiger partial charge in [0.1, 0.15) is 0 Å². The topological polar surface area (TPSA) is 63.7 Å². The van der Waals surface area contributed by atoms with E-state index in [1.54, 1.807) is 29.2 Å². The average Bonchev–Trinajstić information content (AvgIpc) is 3.08. The monoisotopic (exact) mass is 351 g/mol. The van der Waals surface area contributed by atoms with Crippen LogP contribution >= 0.6 is 0 Å². The van der Waals surface area contributed by atoms with Gasteiger partial charge >= 0.3 is 5.97 Å². The van der Waals surface area contributed by atoms with E-state index in [2.05, 4.69) is 0 Å². The molecule has 134 valence electrons. The molecule has 0 unspecified atom stereocenters. The summed E-state index contributed by atoms with van der Waals surface area (Å²) < 4.78 is 5.16. The number of hydrogen-bond acceptors (Lipinski definition) is 4. The van der Waals surface area contributed by atoms with Crippen LogP contribution < -0.4 is 0 Å². The Kier molecular flexibility index (Phi) is 5.46. The number of amides is 1. The summed E-state index contributed by atoms with van der Waals surface area (Å²) in [6, 6.07) is 18.3. The molecule has 0 N–H and O–H groups in total. The highest BCUT2D eigenvalue weighted by molar-refractivity contribution is 5.98. The van der Waals surface area contributed by atoms with Crippen LogP contribution in [0.15, 0.2) is 60.7 Å². The van der Waals surface area contributed by atoms with E-state index in [1.165, 1.54) is 0 Å². The van der Waals surface area contributed by atoms with Crippen LogP contribution in [0.4, 0.5) is 0 Å². The van der Waals surface area contributed by atoms with E-state index in [0.29, 0.717) is 12.1 Å². The van der Waals surface area contributed by atoms with Gasteiger partial charge in [-0.25, -0.2) is 0 Å². The molecular formula is C21H21NO4. The number of nitrogens with zero attached hydrogens (tertiary/aromatic N) is 1. The first kappa shape index (κ1) is 17.9. The Morgan fingerprint density at radius 1 is 1.08 bits per heavy atom. The molecular weight excluding hydrogens is 330 g/mol. The lowest BCUT2D eigenvalue weighted by atomic mass is 10.1. The van der Waals surface area contributed by atoms with E-state index in [1.807, 2.05) is 43.3 Å². The second-order valence-corrected chi connectivity index (χ2v) is 6.43. The molecule has 1 amide bonds. The van der Waals surface area contributed by atoms with Crippen molar-refractivity contribution >= 4 is 17.7 Å². The molecule has 2 aromatic carbocycles. The van der Waals surface area contributed by atoms with Crippen molar-refractivity contribution in [1.29, 1.82) is 0 Å². The van der Waals surface area contributed by atoms with Crippen LogP contribution in [0, 0.1) is 5.92 Å². The van der Waals surface area contributed by atoms with E-state index in [0.717, 1.165) is 5.56 Å². The first-order valence-electron chi connectivity index (χ1n) is 8.65. The minimum absolute atomic E-state index is 0.0716. The highest BCUT2D eigenvalue weighted by Crippen LogP contribution is 2.29. The number of rotatable bonds is 6. The smallest absolute Gasteiger partial charge is 0.311 e. The van der Waals surface area contributed by atoms with Crippen molar-refractivity contribution in [3.63, 3.8) is 0 Å². The van der Waals surface area contributed by atoms with E-state index in [-0.39, 0.29) is 30.8 Å². The predicted octanol–water partition coefficient (Wildman–Crippen LogP) is 3.02. The van der Waals surface area contributed by atoms with Gasteiger partial charge in [-0.1, -0.05) is 60.7 Å². The summed E-state index contributed by atoms with van der Waals surface area (Å²) in [4.78, 5) is 38.3. The Morgan fingerprint density at radius 2 is 1.69 bits per heavy atom. The highest BCUT2D eigenvalue weighted by Gasteiger charge is 2.38. The first-order valence-corrected chi connectivity index (χ1v) is 8.65. The molecule has 2 aromatic rings. The van der Waals surface area contributed by atoms with Crippen molar-refractivity contribution in [3.05, 3.63) is 71.8 Å². The fourth-order valence-corrected chi connectivity index (χ4v) is 3.14. The maximum atomic E-state index is 12.3. The first-order chi connectivity index (χ1) is 12.6. The summed E-state index contributed by atoms with van der Waals surface area (Å²) in [6.45, 7) is 1.95. The third-order valence-corrected chi connectivity index (χ3v) is 4.68. The zero-order chi connectivity index (χ0) is 18.5. The van der Waals surface area contributed by atoms with E-state index in [4.69, 9.17) is 4.74 Å². The molecule has 1 heterocycles. The summed E-state index contributed by atoms with van der Waals surface area (Å²) in [5.41, 5.74) is 1.52. The molecule has 1 saturated heterocycles. The lowest BCUT2D eigenvalue weighted by Crippen LogP contribution is -2.30. The van der Waals surface area contributed by atoms with Crippen molar-refractivity contribution < 1.29 is 19.1 Å². The van der Waals surface area contributed by atoms with Crippen LogP contribution in [0.25, 0.3) is 0 Å². The molecule has 0 spiro atoms. The molecule has 0 aliphatic carbocycles. The number of Topliss-reactive ketones (excluding diaryl/α,β-unsaturated/α-hetero) is 1. The Labute approximate surface area is 152 Å². The molecule has 5 nitrogen and oxygen atoms in total. The molecule has 0 radical (unpaired) electrons. The maximum absolute atomic E-state index is 12.3. The average molecular weight is 351 g/mol. The number of ketones is 1. The normalized spacial score (nSPS) is 17.8. The van der Waals surface area contributed by atoms with Gasteiger partial charge in [0.2, 0.25) is 5.91 Å². The van der Waals surface area contributed by atoms with Crippen LogP contribution in [0.3, 0.4) is 0 Å². The third-order valence-electron chi connectivity index (χ3n) is 4.68. The standard InChI is InChI=1S/C21H21NO4/c1-15(16-8-4-2-5-9-16)22-13-18(12-20(22)24)21(25)26-14-19(23)17-10-6-3-7-11-17/h2-11,15,18H,12-14H2,1H3/t15-,18+/m1/s1. The zero-order valence-corrected chi connectivity index (χ0v) is 14.6. The van der Waals surface area contributed by atoms with Crippen LogP contribution in [-0.4, -0.2) is 35.7 Å². The summed E-state index contributed by atoms with van der Waals surface area (Å²) in [7, 11) is 0. The molecule has 0 aromatic heterocycles. The number of ether oxygens (including phenoxy) is 1. The molecule has 0 bridgehead atoms. The van der Waals surface area contributed by atoms with Crippen molar-refractivity contribution in [1.82, 2.24) is 4.90 Å². The Bertz CT molecular complexity index is 788. The van der Waals surface area contributed by atoms with Gasteiger partial charge in [-0.05, 0) is 12.5 Å². The molecule has 2 atom stereocenters. The molecule has 1 aliphatic heterocycles. The second kappa shape index (κ2) is 7.95. The van der Waals surface area contributed by atoms with Crippen LogP contribution in [0.1, 0.15) is 35.3 Å². The fourth-order valence-electron chi connectivity index (χ4n) is 3.14. The number of hydrogen-bond donors (Lipinski definition) is 0. The fraction of sp³-hybridized carbons (Fsp3) is 0.286. The van der Waals surface area contributed by atoms with Gasteiger partial charge in [0.15, 0.2) is 12.4 Å². The Balaban J connectivity index is 1.56. The summed E-state index contributed by atoms with van der Waals surface area (Å²) in [5.74, 6) is -1.35. The molecule has 1 fully saturated rings. The van der Waals surface area contributed by atoms with Gasteiger partial charge in [0.25, 0.3) is 0 Å².